The molecular weight excluding hydrogens is 303 g/mol. The summed E-state index contributed by atoms with van der Waals surface area (Å²) in [6.07, 6.45) is 1.04. The molecule has 3 rings (SSSR count). The molecule has 2 saturated heterocycles. The number of rotatable bonds is 2. The van der Waals surface area contributed by atoms with E-state index in [2.05, 4.69) is 10.6 Å². The number of urea groups is 2. The summed E-state index contributed by atoms with van der Waals surface area (Å²) in [7, 11) is 0. The third kappa shape index (κ3) is 3.10. The van der Waals surface area contributed by atoms with Crippen LogP contribution in [0.25, 0.3) is 0 Å². The second-order valence-electron chi connectivity index (χ2n) is 5.55. The molecule has 8 heteroatoms. The number of imide groups is 1. The van der Waals surface area contributed by atoms with Crippen LogP contribution in [-0.2, 0) is 4.79 Å². The molecule has 122 valence electrons. The summed E-state index contributed by atoms with van der Waals surface area (Å²) in [6.45, 7) is 0.844. The van der Waals surface area contributed by atoms with Gasteiger partial charge in [0.05, 0.1) is 12.2 Å². The van der Waals surface area contributed by atoms with Crippen molar-refractivity contribution in [2.75, 3.05) is 25.0 Å². The highest BCUT2D eigenvalue weighted by Crippen LogP contribution is 2.20. The van der Waals surface area contributed by atoms with E-state index in [1.165, 1.54) is 17.0 Å². The molecule has 0 aromatic heterocycles. The first-order valence-corrected chi connectivity index (χ1v) is 7.46. The molecule has 0 spiro atoms. The van der Waals surface area contributed by atoms with E-state index in [0.717, 1.165) is 0 Å². The smallest absolute Gasteiger partial charge is 0.324 e. The molecule has 7 nitrogen and oxygen atoms in total. The average molecular weight is 320 g/mol. The fourth-order valence-electron chi connectivity index (χ4n) is 2.89. The lowest BCUT2D eigenvalue weighted by molar-refractivity contribution is -0.127. The van der Waals surface area contributed by atoms with Gasteiger partial charge < -0.3 is 15.5 Å². The lowest BCUT2D eigenvalue weighted by Crippen LogP contribution is -2.49. The number of amides is 5. The summed E-state index contributed by atoms with van der Waals surface area (Å²) >= 11 is 0. The van der Waals surface area contributed by atoms with Gasteiger partial charge in [-0.2, -0.15) is 0 Å². The van der Waals surface area contributed by atoms with Crippen molar-refractivity contribution in [3.05, 3.63) is 30.1 Å². The summed E-state index contributed by atoms with van der Waals surface area (Å²) in [4.78, 5) is 38.3. The minimum Gasteiger partial charge on any atom is -0.329 e. The molecule has 2 aliphatic heterocycles. The number of nitrogens with one attached hydrogen (secondary N) is 2. The fourth-order valence-corrected chi connectivity index (χ4v) is 2.89. The van der Waals surface area contributed by atoms with Crippen molar-refractivity contribution >= 4 is 23.7 Å². The third-order valence-electron chi connectivity index (χ3n) is 4.11. The highest BCUT2D eigenvalue weighted by Gasteiger charge is 2.37. The quantitative estimate of drug-likeness (QED) is 0.808. The predicted octanol–water partition coefficient (Wildman–Crippen LogP) is 1.37. The lowest BCUT2D eigenvalue weighted by atomic mass is 10.0. The zero-order valence-electron chi connectivity index (χ0n) is 12.4. The molecule has 0 aliphatic carbocycles. The lowest BCUT2D eigenvalue weighted by Gasteiger charge is -2.35. The standard InChI is InChI=1S/C15H17FN4O3/c16-11-3-1-2-4-12(11)18-15(23)19-7-5-10(6-8-19)20-13(21)9-17-14(20)22/h1-4,10H,5-9H2,(H,17,22)(H,18,23). The largest absolute Gasteiger partial charge is 0.329 e. The number of likely N-dealkylation sites (tertiary alicyclic amines) is 1. The maximum Gasteiger partial charge on any atom is 0.324 e. The third-order valence-corrected chi connectivity index (χ3v) is 4.11. The van der Waals surface area contributed by atoms with Crippen LogP contribution in [0, 0.1) is 5.82 Å². The Hall–Kier alpha value is -2.64. The first-order chi connectivity index (χ1) is 11.1. The summed E-state index contributed by atoms with van der Waals surface area (Å²) in [5, 5.41) is 5.03. The van der Waals surface area contributed by atoms with Crippen molar-refractivity contribution in [2.24, 2.45) is 0 Å². The van der Waals surface area contributed by atoms with Crippen molar-refractivity contribution in [1.29, 1.82) is 0 Å². The van der Waals surface area contributed by atoms with Crippen LogP contribution in [0.4, 0.5) is 19.7 Å². The maximum absolute atomic E-state index is 13.5. The van der Waals surface area contributed by atoms with Crippen LogP contribution in [-0.4, -0.2) is 53.4 Å². The second-order valence-corrected chi connectivity index (χ2v) is 5.55. The van der Waals surface area contributed by atoms with Gasteiger partial charge in [-0.05, 0) is 25.0 Å². The molecule has 23 heavy (non-hydrogen) atoms. The van der Waals surface area contributed by atoms with Crippen molar-refractivity contribution in [3.8, 4) is 0 Å². The van der Waals surface area contributed by atoms with E-state index >= 15 is 0 Å². The first kappa shape index (κ1) is 15.3. The van der Waals surface area contributed by atoms with Crippen LogP contribution >= 0.6 is 0 Å². The predicted molar refractivity (Wildman–Crippen MR) is 80.3 cm³/mol. The van der Waals surface area contributed by atoms with Crippen LogP contribution in [0.2, 0.25) is 0 Å². The van der Waals surface area contributed by atoms with E-state index in [9.17, 15) is 18.8 Å². The molecule has 2 fully saturated rings. The molecule has 0 radical (unpaired) electrons. The van der Waals surface area contributed by atoms with Gasteiger partial charge in [0.15, 0.2) is 0 Å². The Bertz CT molecular complexity index is 627. The SMILES string of the molecule is O=C(Nc1ccccc1F)N1CCC(N2C(=O)CNC2=O)CC1. The Morgan fingerprint density at radius 3 is 2.52 bits per heavy atom. The minimum absolute atomic E-state index is 0.0345. The van der Waals surface area contributed by atoms with Crippen molar-refractivity contribution in [2.45, 2.75) is 18.9 Å². The Balaban J connectivity index is 1.56. The van der Waals surface area contributed by atoms with Gasteiger partial charge in [-0.1, -0.05) is 12.1 Å². The summed E-state index contributed by atoms with van der Waals surface area (Å²) in [5.41, 5.74) is 0.133. The summed E-state index contributed by atoms with van der Waals surface area (Å²) in [6, 6.07) is 5.02. The fraction of sp³-hybridized carbons (Fsp3) is 0.400. The van der Waals surface area contributed by atoms with E-state index in [0.29, 0.717) is 25.9 Å². The van der Waals surface area contributed by atoms with Gasteiger partial charge in [0.1, 0.15) is 5.82 Å². The van der Waals surface area contributed by atoms with Gasteiger partial charge in [-0.3, -0.25) is 9.69 Å². The Labute approximate surface area is 132 Å². The normalized spacial score (nSPS) is 19.0. The number of hydrogen-bond donors (Lipinski definition) is 2. The van der Waals surface area contributed by atoms with Crippen LogP contribution in [0.5, 0.6) is 0 Å². The maximum atomic E-state index is 13.5. The van der Waals surface area contributed by atoms with Crippen LogP contribution in [0.3, 0.4) is 0 Å². The number of hydrogen-bond acceptors (Lipinski definition) is 3. The Morgan fingerprint density at radius 2 is 1.91 bits per heavy atom. The number of piperidine rings is 1. The number of para-hydroxylation sites is 1. The van der Waals surface area contributed by atoms with Gasteiger partial charge in [0, 0.05) is 19.1 Å². The Kier molecular flexibility index (Phi) is 4.14. The highest BCUT2D eigenvalue weighted by molar-refractivity contribution is 6.02. The van der Waals surface area contributed by atoms with Gasteiger partial charge in [0.25, 0.3) is 0 Å². The average Bonchev–Trinajstić information content (AvgIpc) is 2.88. The molecule has 2 aliphatic rings. The van der Waals surface area contributed by atoms with E-state index < -0.39 is 5.82 Å². The zero-order valence-corrected chi connectivity index (χ0v) is 12.4. The molecular formula is C15H17FN4O3. The van der Waals surface area contributed by atoms with Gasteiger partial charge in [-0.25, -0.2) is 14.0 Å². The van der Waals surface area contributed by atoms with Crippen molar-refractivity contribution in [1.82, 2.24) is 15.1 Å². The highest BCUT2D eigenvalue weighted by atomic mass is 19.1. The van der Waals surface area contributed by atoms with E-state index in [1.54, 1.807) is 17.0 Å². The van der Waals surface area contributed by atoms with Gasteiger partial charge in [0.2, 0.25) is 5.91 Å². The molecule has 5 amide bonds. The number of carbonyl (C=O) groups excluding carboxylic acids is 3. The van der Waals surface area contributed by atoms with Crippen molar-refractivity contribution in [3.63, 3.8) is 0 Å². The molecule has 1 aromatic carbocycles. The monoisotopic (exact) mass is 320 g/mol. The first-order valence-electron chi connectivity index (χ1n) is 7.46. The second kappa shape index (κ2) is 6.23. The molecule has 1 aromatic rings. The minimum atomic E-state index is -0.491. The topological polar surface area (TPSA) is 81.8 Å². The summed E-state index contributed by atoms with van der Waals surface area (Å²) < 4.78 is 13.5. The molecule has 2 N–H and O–H groups in total. The van der Waals surface area contributed by atoms with E-state index in [-0.39, 0.29) is 36.2 Å². The number of anilines is 1. The van der Waals surface area contributed by atoms with E-state index in [4.69, 9.17) is 0 Å². The number of benzene rings is 1. The van der Waals surface area contributed by atoms with Gasteiger partial charge >= 0.3 is 12.1 Å². The molecule has 2 heterocycles. The zero-order chi connectivity index (χ0) is 16.4. The van der Waals surface area contributed by atoms with Crippen LogP contribution in [0.15, 0.2) is 24.3 Å². The Morgan fingerprint density at radius 1 is 1.22 bits per heavy atom. The van der Waals surface area contributed by atoms with Crippen molar-refractivity contribution < 1.29 is 18.8 Å². The molecule has 0 unspecified atom stereocenters. The molecule has 0 bridgehead atoms. The number of carbonyl (C=O) groups is 3. The van der Waals surface area contributed by atoms with E-state index in [1.807, 2.05) is 0 Å². The molecule has 0 saturated carbocycles. The van der Waals surface area contributed by atoms with Crippen LogP contribution in [0.1, 0.15) is 12.8 Å². The molecule has 0 atom stereocenters. The number of nitrogens with zero attached hydrogens (tertiary/aromatic N) is 2. The van der Waals surface area contributed by atoms with Gasteiger partial charge in [-0.15, -0.1) is 0 Å². The number of halogens is 1. The van der Waals surface area contributed by atoms with Crippen LogP contribution < -0.4 is 10.6 Å². The summed E-state index contributed by atoms with van der Waals surface area (Å²) in [5.74, 6) is -0.723.